The first kappa shape index (κ1) is 14.1. The van der Waals surface area contributed by atoms with Crippen LogP contribution in [0.1, 0.15) is 5.82 Å². The lowest BCUT2D eigenvalue weighted by atomic mass is 10.3. The Morgan fingerprint density at radius 3 is 3.00 bits per heavy atom. The molecule has 0 saturated heterocycles. The van der Waals surface area contributed by atoms with E-state index in [4.69, 9.17) is 0 Å². The predicted molar refractivity (Wildman–Crippen MR) is 87.1 cm³/mol. The summed E-state index contributed by atoms with van der Waals surface area (Å²) in [6.07, 6.45) is 1.83. The molecule has 0 aliphatic heterocycles. The second-order valence-electron chi connectivity index (χ2n) is 4.48. The number of hydrogen-bond acceptors (Lipinski definition) is 5. The van der Waals surface area contributed by atoms with Gasteiger partial charge in [0.1, 0.15) is 0 Å². The predicted octanol–water partition coefficient (Wildman–Crippen LogP) is 2.52. The first-order valence-corrected chi connectivity index (χ1v) is 8.21. The topological polar surface area (TPSA) is 52.7 Å². The zero-order valence-corrected chi connectivity index (χ0v) is 13.2. The summed E-state index contributed by atoms with van der Waals surface area (Å²) in [6.45, 7) is 4.13. The van der Waals surface area contributed by atoms with Crippen LogP contribution in [0, 0.1) is 0 Å². The summed E-state index contributed by atoms with van der Waals surface area (Å²) < 4.78 is 4.66. The highest BCUT2D eigenvalue weighted by Gasteiger charge is 2.13. The summed E-state index contributed by atoms with van der Waals surface area (Å²) in [6, 6.07) is 7.79. The van der Waals surface area contributed by atoms with E-state index in [0.717, 1.165) is 27.0 Å². The minimum Gasteiger partial charge on any atom is -0.308 e. The number of hydrogen-bond donors (Lipinski definition) is 0. The van der Waals surface area contributed by atoms with E-state index in [9.17, 15) is 4.79 Å². The molecule has 2 heterocycles. The van der Waals surface area contributed by atoms with Crippen molar-refractivity contribution in [1.82, 2.24) is 19.3 Å². The average Bonchev–Trinajstić information content (AvgIpc) is 2.99. The van der Waals surface area contributed by atoms with Crippen LogP contribution in [0.25, 0.3) is 10.2 Å². The first-order chi connectivity index (χ1) is 10.2. The van der Waals surface area contributed by atoms with E-state index in [1.165, 1.54) is 11.3 Å². The van der Waals surface area contributed by atoms with E-state index in [-0.39, 0.29) is 4.87 Å². The molecule has 3 rings (SSSR count). The van der Waals surface area contributed by atoms with Crippen molar-refractivity contribution in [1.29, 1.82) is 0 Å². The number of rotatable bonds is 5. The van der Waals surface area contributed by atoms with Gasteiger partial charge in [-0.2, -0.15) is 0 Å². The zero-order chi connectivity index (χ0) is 14.8. The highest BCUT2D eigenvalue weighted by atomic mass is 32.2. The number of thiazole rings is 1. The number of aromatic nitrogens is 4. The van der Waals surface area contributed by atoms with E-state index in [1.54, 1.807) is 16.3 Å². The number of benzene rings is 1. The van der Waals surface area contributed by atoms with E-state index < -0.39 is 0 Å². The van der Waals surface area contributed by atoms with Gasteiger partial charge < -0.3 is 4.57 Å². The van der Waals surface area contributed by atoms with Gasteiger partial charge in [0.25, 0.3) is 0 Å². The van der Waals surface area contributed by atoms with Gasteiger partial charge in [0.05, 0.1) is 16.8 Å². The third-order valence-electron chi connectivity index (χ3n) is 3.13. The zero-order valence-electron chi connectivity index (χ0n) is 11.5. The summed E-state index contributed by atoms with van der Waals surface area (Å²) in [5, 5.41) is 9.18. The van der Waals surface area contributed by atoms with Crippen molar-refractivity contribution in [3.8, 4) is 0 Å². The molecule has 2 aromatic heterocycles. The molecule has 3 aromatic rings. The summed E-state index contributed by atoms with van der Waals surface area (Å²) >= 11 is 2.83. The fourth-order valence-corrected chi connectivity index (χ4v) is 3.60. The molecule has 108 valence electrons. The van der Waals surface area contributed by atoms with Gasteiger partial charge in [0, 0.05) is 12.8 Å². The lowest BCUT2D eigenvalue weighted by Crippen LogP contribution is -2.16. The van der Waals surface area contributed by atoms with Crippen LogP contribution in [0.4, 0.5) is 0 Å². The SMILES string of the molecule is C=CCSc1nnc(Cn2c(=O)sc3ccccc32)n1C. The Bertz CT molecular complexity index is 846. The van der Waals surface area contributed by atoms with Crippen LogP contribution < -0.4 is 4.87 Å². The summed E-state index contributed by atoms with van der Waals surface area (Å²) in [5.74, 6) is 1.56. The molecule has 0 aliphatic carbocycles. The van der Waals surface area contributed by atoms with Crippen molar-refractivity contribution < 1.29 is 0 Å². The van der Waals surface area contributed by atoms with Crippen molar-refractivity contribution in [3.05, 3.63) is 52.4 Å². The molecule has 0 atom stereocenters. The molecular formula is C14H14N4OS2. The van der Waals surface area contributed by atoms with Crippen molar-refractivity contribution in [2.45, 2.75) is 11.7 Å². The standard InChI is InChI=1S/C14H14N4OS2/c1-3-8-20-13-16-15-12(17(13)2)9-18-10-6-4-5-7-11(10)21-14(18)19/h3-7H,1,8-9H2,2H3. The first-order valence-electron chi connectivity index (χ1n) is 6.41. The van der Waals surface area contributed by atoms with E-state index in [2.05, 4.69) is 16.8 Å². The molecule has 0 saturated carbocycles. The molecule has 7 heteroatoms. The maximum Gasteiger partial charge on any atom is 0.308 e. The van der Waals surface area contributed by atoms with Gasteiger partial charge >= 0.3 is 4.87 Å². The van der Waals surface area contributed by atoms with Crippen LogP contribution in [0.5, 0.6) is 0 Å². The second kappa shape index (κ2) is 5.87. The Morgan fingerprint density at radius 1 is 1.38 bits per heavy atom. The van der Waals surface area contributed by atoms with Gasteiger partial charge in [-0.3, -0.25) is 9.36 Å². The maximum atomic E-state index is 12.1. The molecule has 0 spiro atoms. The van der Waals surface area contributed by atoms with Crippen molar-refractivity contribution in [3.63, 3.8) is 0 Å². The molecule has 0 N–H and O–H groups in total. The smallest absolute Gasteiger partial charge is 0.308 e. The van der Waals surface area contributed by atoms with Gasteiger partial charge in [-0.15, -0.1) is 16.8 Å². The van der Waals surface area contributed by atoms with E-state index in [1.807, 2.05) is 42.0 Å². The monoisotopic (exact) mass is 318 g/mol. The highest BCUT2D eigenvalue weighted by molar-refractivity contribution is 7.99. The van der Waals surface area contributed by atoms with Crippen LogP contribution >= 0.6 is 23.1 Å². The third kappa shape index (κ3) is 2.66. The number of nitrogens with zero attached hydrogens (tertiary/aromatic N) is 4. The molecule has 5 nitrogen and oxygen atoms in total. The summed E-state index contributed by atoms with van der Waals surface area (Å²) in [4.78, 5) is 12.2. The van der Waals surface area contributed by atoms with Crippen LogP contribution in [0.3, 0.4) is 0 Å². The van der Waals surface area contributed by atoms with Crippen molar-refractivity contribution in [2.75, 3.05) is 5.75 Å². The molecule has 21 heavy (non-hydrogen) atoms. The molecule has 0 aliphatic rings. The van der Waals surface area contributed by atoms with Gasteiger partial charge in [0.2, 0.25) is 0 Å². The average molecular weight is 318 g/mol. The lowest BCUT2D eigenvalue weighted by molar-refractivity contribution is 0.682. The van der Waals surface area contributed by atoms with Crippen LogP contribution in [-0.4, -0.2) is 25.1 Å². The lowest BCUT2D eigenvalue weighted by Gasteiger charge is -2.04. The van der Waals surface area contributed by atoms with Crippen molar-refractivity contribution >= 4 is 33.3 Å². The fraction of sp³-hybridized carbons (Fsp3) is 0.214. The molecule has 0 amide bonds. The molecule has 0 radical (unpaired) electrons. The van der Waals surface area contributed by atoms with Crippen LogP contribution in [0.15, 0.2) is 46.9 Å². The summed E-state index contributed by atoms with van der Waals surface area (Å²) in [7, 11) is 1.92. The Balaban J connectivity index is 1.96. The summed E-state index contributed by atoms with van der Waals surface area (Å²) in [5.41, 5.74) is 0.941. The normalized spacial score (nSPS) is 11.1. The van der Waals surface area contributed by atoms with Crippen LogP contribution in [0.2, 0.25) is 0 Å². The Morgan fingerprint density at radius 2 is 2.19 bits per heavy atom. The van der Waals surface area contributed by atoms with Gasteiger partial charge in [-0.1, -0.05) is 41.3 Å². The Hall–Kier alpha value is -1.86. The number of fused-ring (bicyclic) bond motifs is 1. The van der Waals surface area contributed by atoms with Gasteiger partial charge in [-0.05, 0) is 12.1 Å². The highest BCUT2D eigenvalue weighted by Crippen LogP contribution is 2.19. The van der Waals surface area contributed by atoms with Crippen LogP contribution in [-0.2, 0) is 13.6 Å². The third-order valence-corrected chi connectivity index (χ3v) is 5.10. The quantitative estimate of drug-likeness (QED) is 0.536. The van der Waals surface area contributed by atoms with Gasteiger partial charge in [0.15, 0.2) is 11.0 Å². The van der Waals surface area contributed by atoms with E-state index in [0.29, 0.717) is 6.54 Å². The second-order valence-corrected chi connectivity index (χ2v) is 6.46. The Kier molecular flexibility index (Phi) is 3.94. The van der Waals surface area contributed by atoms with E-state index >= 15 is 0 Å². The molecule has 0 bridgehead atoms. The molecule has 1 aromatic carbocycles. The molecule has 0 fully saturated rings. The number of thioether (sulfide) groups is 1. The number of para-hydroxylation sites is 1. The largest absolute Gasteiger partial charge is 0.308 e. The van der Waals surface area contributed by atoms with Gasteiger partial charge in [-0.25, -0.2) is 0 Å². The molecular weight excluding hydrogens is 304 g/mol. The maximum absolute atomic E-state index is 12.1. The van der Waals surface area contributed by atoms with Crippen molar-refractivity contribution in [2.24, 2.45) is 7.05 Å². The minimum absolute atomic E-state index is 0.0273. The molecule has 0 unspecified atom stereocenters. The Labute approximate surface area is 129 Å². The fourth-order valence-electron chi connectivity index (χ4n) is 2.05. The minimum atomic E-state index is 0.0273.